The summed E-state index contributed by atoms with van der Waals surface area (Å²) < 4.78 is 5.37. The van der Waals surface area contributed by atoms with E-state index < -0.39 is 0 Å². The molecule has 3 rings (SSSR count). The molecule has 0 unspecified atom stereocenters. The summed E-state index contributed by atoms with van der Waals surface area (Å²) in [6.45, 7) is -0.0682. The first-order chi connectivity index (χ1) is 12.6. The van der Waals surface area contributed by atoms with E-state index in [0.717, 1.165) is 0 Å². The topological polar surface area (TPSA) is 74.5 Å². The zero-order chi connectivity index (χ0) is 18.5. The van der Waals surface area contributed by atoms with E-state index >= 15 is 0 Å². The van der Waals surface area contributed by atoms with Crippen LogP contribution >= 0.6 is 35.0 Å². The van der Waals surface area contributed by atoms with E-state index in [4.69, 9.17) is 33.2 Å². The van der Waals surface area contributed by atoms with Crippen molar-refractivity contribution in [2.45, 2.75) is 0 Å². The van der Waals surface area contributed by atoms with Crippen LogP contribution in [-0.2, 0) is 4.79 Å². The van der Waals surface area contributed by atoms with E-state index in [0.29, 0.717) is 37.1 Å². The van der Waals surface area contributed by atoms with Crippen LogP contribution in [0.3, 0.4) is 0 Å². The number of hydrogen-bond donors (Lipinski definition) is 1. The Morgan fingerprint density at radius 1 is 1.27 bits per heavy atom. The minimum Gasteiger partial charge on any atom is -0.478 e. The number of rotatable bonds is 4. The van der Waals surface area contributed by atoms with Gasteiger partial charge in [0.1, 0.15) is 11.8 Å². The molecule has 2 aromatic carbocycles. The largest absolute Gasteiger partial charge is 0.478 e. The van der Waals surface area contributed by atoms with Gasteiger partial charge in [-0.1, -0.05) is 41.4 Å². The third-order valence-electron chi connectivity index (χ3n) is 3.28. The molecule has 1 aliphatic heterocycles. The van der Waals surface area contributed by atoms with E-state index in [1.165, 1.54) is 11.8 Å². The first kappa shape index (κ1) is 18.3. The smallest absolute Gasteiger partial charge is 0.264 e. The second kappa shape index (κ2) is 8.28. The summed E-state index contributed by atoms with van der Waals surface area (Å²) in [6.07, 6.45) is 1.69. The van der Waals surface area contributed by atoms with Gasteiger partial charge in [-0.25, -0.2) is 4.99 Å². The standard InChI is InChI=1S/C18H11Cl2N3O2S/c19-12-5-6-14(13(20)10-12)22-18-23-17(24)16(26-18)9-11-3-1-2-4-15(11)25-8-7-21/h1-6,9-10H,8H2,(H,22,23,24)/b16-9+. The van der Waals surface area contributed by atoms with Crippen LogP contribution < -0.4 is 10.1 Å². The fourth-order valence-corrected chi connectivity index (χ4v) is 3.42. The molecule has 5 nitrogen and oxygen atoms in total. The summed E-state index contributed by atoms with van der Waals surface area (Å²) in [5.41, 5.74) is 1.21. The van der Waals surface area contributed by atoms with E-state index in [1.54, 1.807) is 42.5 Å². The second-order valence-electron chi connectivity index (χ2n) is 5.06. The fraction of sp³-hybridized carbons (Fsp3) is 0.0556. The number of halogens is 2. The molecule has 8 heteroatoms. The highest BCUT2D eigenvalue weighted by Crippen LogP contribution is 2.33. The summed E-state index contributed by atoms with van der Waals surface area (Å²) in [5, 5.41) is 12.7. The number of amidine groups is 1. The lowest BCUT2D eigenvalue weighted by Gasteiger charge is -2.05. The molecule has 1 amide bonds. The predicted octanol–water partition coefficient (Wildman–Crippen LogP) is 4.79. The lowest BCUT2D eigenvalue weighted by atomic mass is 10.2. The van der Waals surface area contributed by atoms with Gasteiger partial charge in [0, 0.05) is 10.6 Å². The minimum absolute atomic E-state index is 0.0682. The van der Waals surface area contributed by atoms with Gasteiger partial charge in [-0.2, -0.15) is 5.26 Å². The lowest BCUT2D eigenvalue weighted by molar-refractivity contribution is -0.115. The minimum atomic E-state index is -0.270. The Kier molecular flexibility index (Phi) is 5.84. The number of para-hydroxylation sites is 1. The van der Waals surface area contributed by atoms with Crippen LogP contribution in [0.15, 0.2) is 52.4 Å². The average molecular weight is 404 g/mol. The van der Waals surface area contributed by atoms with Crippen molar-refractivity contribution in [1.29, 1.82) is 5.26 Å². The van der Waals surface area contributed by atoms with Crippen LogP contribution in [0.5, 0.6) is 5.75 Å². The van der Waals surface area contributed by atoms with Crippen molar-refractivity contribution in [3.05, 3.63) is 63.0 Å². The maximum absolute atomic E-state index is 12.2. The maximum Gasteiger partial charge on any atom is 0.264 e. The average Bonchev–Trinajstić information content (AvgIpc) is 2.96. The molecule has 26 heavy (non-hydrogen) atoms. The SMILES string of the molecule is N#CCOc1ccccc1/C=C1/SC(=Nc2ccc(Cl)cc2Cl)NC1=O. The summed E-state index contributed by atoms with van der Waals surface area (Å²) in [6, 6.07) is 14.0. The molecule has 0 saturated carbocycles. The maximum atomic E-state index is 12.2. The Morgan fingerprint density at radius 2 is 2.08 bits per heavy atom. The summed E-state index contributed by atoms with van der Waals surface area (Å²) >= 11 is 13.2. The number of amides is 1. The molecule has 1 fully saturated rings. The van der Waals surface area contributed by atoms with Crippen LogP contribution in [0.4, 0.5) is 5.69 Å². The predicted molar refractivity (Wildman–Crippen MR) is 105 cm³/mol. The number of hydrogen-bond acceptors (Lipinski definition) is 5. The number of carbonyl (C=O) groups excluding carboxylic acids is 1. The number of thioether (sulfide) groups is 1. The zero-order valence-corrected chi connectivity index (χ0v) is 15.5. The molecule has 0 spiro atoms. The van der Waals surface area contributed by atoms with Gasteiger partial charge in [0.2, 0.25) is 0 Å². The molecule has 0 aliphatic carbocycles. The van der Waals surface area contributed by atoms with Gasteiger partial charge in [0.15, 0.2) is 11.8 Å². The molecule has 2 aromatic rings. The molecular formula is C18H11Cl2N3O2S. The molecule has 0 radical (unpaired) electrons. The number of benzene rings is 2. The van der Waals surface area contributed by atoms with Crippen LogP contribution in [0.2, 0.25) is 10.0 Å². The van der Waals surface area contributed by atoms with Crippen LogP contribution in [0.1, 0.15) is 5.56 Å². The van der Waals surface area contributed by atoms with E-state index in [-0.39, 0.29) is 12.5 Å². The number of aliphatic imine (C=N–C) groups is 1. The van der Waals surface area contributed by atoms with Gasteiger partial charge in [-0.15, -0.1) is 0 Å². The molecule has 0 aromatic heterocycles. The molecule has 1 aliphatic rings. The molecule has 130 valence electrons. The Labute approximate surface area is 164 Å². The van der Waals surface area contributed by atoms with Gasteiger partial charge in [-0.05, 0) is 42.1 Å². The van der Waals surface area contributed by atoms with Crippen molar-refractivity contribution in [2.24, 2.45) is 4.99 Å². The van der Waals surface area contributed by atoms with E-state index in [1.807, 2.05) is 12.1 Å². The van der Waals surface area contributed by atoms with Crippen molar-refractivity contribution >= 4 is 57.8 Å². The first-order valence-electron chi connectivity index (χ1n) is 7.40. The normalized spacial score (nSPS) is 16.6. The van der Waals surface area contributed by atoms with Gasteiger partial charge < -0.3 is 10.1 Å². The zero-order valence-electron chi connectivity index (χ0n) is 13.2. The Hall–Kier alpha value is -2.46. The monoisotopic (exact) mass is 403 g/mol. The first-order valence-corrected chi connectivity index (χ1v) is 8.97. The summed E-state index contributed by atoms with van der Waals surface area (Å²) in [7, 11) is 0. The number of nitrogens with one attached hydrogen (secondary N) is 1. The van der Waals surface area contributed by atoms with Gasteiger partial charge in [-0.3, -0.25) is 4.79 Å². The summed E-state index contributed by atoms with van der Waals surface area (Å²) in [4.78, 5) is 17.0. The molecule has 1 saturated heterocycles. The van der Waals surface area contributed by atoms with Crippen molar-refractivity contribution in [3.63, 3.8) is 0 Å². The Balaban J connectivity index is 1.85. The van der Waals surface area contributed by atoms with E-state index in [2.05, 4.69) is 10.3 Å². The highest BCUT2D eigenvalue weighted by molar-refractivity contribution is 8.18. The quantitative estimate of drug-likeness (QED) is 0.744. The van der Waals surface area contributed by atoms with Crippen molar-refractivity contribution in [3.8, 4) is 11.8 Å². The van der Waals surface area contributed by atoms with Crippen LogP contribution in [-0.4, -0.2) is 17.7 Å². The summed E-state index contributed by atoms with van der Waals surface area (Å²) in [5.74, 6) is 0.259. The second-order valence-corrected chi connectivity index (χ2v) is 6.94. The third-order valence-corrected chi connectivity index (χ3v) is 4.73. The van der Waals surface area contributed by atoms with Crippen LogP contribution in [0.25, 0.3) is 6.08 Å². The molecule has 0 bridgehead atoms. The van der Waals surface area contributed by atoms with E-state index in [9.17, 15) is 4.79 Å². The van der Waals surface area contributed by atoms with Crippen molar-refractivity contribution in [2.75, 3.05) is 6.61 Å². The highest BCUT2D eigenvalue weighted by Gasteiger charge is 2.24. The van der Waals surface area contributed by atoms with Gasteiger partial charge in [0.25, 0.3) is 5.91 Å². The third kappa shape index (κ3) is 4.38. The highest BCUT2D eigenvalue weighted by atomic mass is 35.5. The fourth-order valence-electron chi connectivity index (χ4n) is 2.14. The number of carbonyl (C=O) groups is 1. The molecule has 1 N–H and O–H groups in total. The van der Waals surface area contributed by atoms with Gasteiger partial charge >= 0.3 is 0 Å². The van der Waals surface area contributed by atoms with Crippen molar-refractivity contribution in [1.82, 2.24) is 5.32 Å². The Bertz CT molecular complexity index is 967. The Morgan fingerprint density at radius 3 is 2.85 bits per heavy atom. The lowest BCUT2D eigenvalue weighted by Crippen LogP contribution is -2.19. The number of nitrogens with zero attached hydrogens (tertiary/aromatic N) is 2. The number of nitriles is 1. The number of ether oxygens (including phenoxy) is 1. The molecular weight excluding hydrogens is 393 g/mol. The van der Waals surface area contributed by atoms with Crippen LogP contribution in [0, 0.1) is 11.3 Å². The van der Waals surface area contributed by atoms with Crippen molar-refractivity contribution < 1.29 is 9.53 Å². The molecule has 0 atom stereocenters. The molecule has 1 heterocycles. The van der Waals surface area contributed by atoms with Gasteiger partial charge in [0.05, 0.1) is 15.6 Å².